The van der Waals surface area contributed by atoms with Gasteiger partial charge in [0.25, 0.3) is 0 Å². The number of hydrogen-bond donors (Lipinski definition) is 0. The molecule has 0 amide bonds. The molecule has 0 aliphatic heterocycles. The fraction of sp³-hybridized carbons (Fsp3) is 0.217. The molecule has 4 heteroatoms. The van der Waals surface area contributed by atoms with E-state index in [1.165, 1.54) is 0 Å². The summed E-state index contributed by atoms with van der Waals surface area (Å²) in [5.41, 5.74) is 5.18. The van der Waals surface area contributed by atoms with Gasteiger partial charge in [-0.05, 0) is 59.9 Å². The summed E-state index contributed by atoms with van der Waals surface area (Å²) in [5, 5.41) is 2.20. The van der Waals surface area contributed by atoms with Crippen molar-refractivity contribution in [1.29, 1.82) is 0 Å². The molecule has 0 heterocycles. The van der Waals surface area contributed by atoms with Crippen molar-refractivity contribution >= 4 is 22.7 Å². The van der Waals surface area contributed by atoms with Crippen molar-refractivity contribution in [3.8, 4) is 22.3 Å². The number of rotatable bonds is 4. The Labute approximate surface area is 157 Å². The molecule has 4 rings (SSSR count). The third-order valence-corrected chi connectivity index (χ3v) is 5.03. The molecule has 4 nitrogen and oxygen atoms in total. The SMILES string of the molecule is CCOC(=O)c1cc2c(c(C(=O)OCC)c1C)-c1cccc3cccc-2c13. The van der Waals surface area contributed by atoms with E-state index in [9.17, 15) is 9.59 Å². The molecule has 27 heavy (non-hydrogen) atoms. The Morgan fingerprint density at radius 1 is 0.852 bits per heavy atom. The van der Waals surface area contributed by atoms with Gasteiger partial charge < -0.3 is 9.47 Å². The molecule has 0 saturated carbocycles. The van der Waals surface area contributed by atoms with Crippen LogP contribution in [0.3, 0.4) is 0 Å². The number of carbonyl (C=O) groups is 2. The molecule has 0 aromatic heterocycles. The largest absolute Gasteiger partial charge is 0.462 e. The Morgan fingerprint density at radius 2 is 1.48 bits per heavy atom. The van der Waals surface area contributed by atoms with E-state index < -0.39 is 11.9 Å². The molecule has 0 spiro atoms. The molecule has 0 unspecified atom stereocenters. The second-order valence-corrected chi connectivity index (χ2v) is 6.50. The first-order valence-electron chi connectivity index (χ1n) is 9.12. The fourth-order valence-electron chi connectivity index (χ4n) is 3.93. The molecule has 0 N–H and O–H groups in total. The van der Waals surface area contributed by atoms with Crippen LogP contribution in [0.25, 0.3) is 33.0 Å². The van der Waals surface area contributed by atoms with E-state index in [4.69, 9.17) is 9.47 Å². The summed E-state index contributed by atoms with van der Waals surface area (Å²) in [4.78, 5) is 25.4. The number of benzene rings is 3. The molecule has 0 radical (unpaired) electrons. The molecular weight excluding hydrogens is 340 g/mol. The standard InChI is InChI=1S/C23H20O4/c1-4-26-22(24)17-12-18-15-10-6-8-14-9-7-11-16(20(14)15)21(18)19(13(17)3)23(25)27-5-2/h6-12H,4-5H2,1-3H3. The third-order valence-electron chi connectivity index (χ3n) is 5.03. The summed E-state index contributed by atoms with van der Waals surface area (Å²) >= 11 is 0. The van der Waals surface area contributed by atoms with E-state index in [-0.39, 0.29) is 13.2 Å². The summed E-state index contributed by atoms with van der Waals surface area (Å²) < 4.78 is 10.6. The number of fused-ring (bicyclic) bond motifs is 3. The second-order valence-electron chi connectivity index (χ2n) is 6.50. The maximum Gasteiger partial charge on any atom is 0.339 e. The van der Waals surface area contributed by atoms with Crippen LogP contribution in [0.2, 0.25) is 0 Å². The highest BCUT2D eigenvalue weighted by molar-refractivity contribution is 6.20. The van der Waals surface area contributed by atoms with E-state index in [0.717, 1.165) is 33.0 Å². The molecule has 0 saturated heterocycles. The summed E-state index contributed by atoms with van der Waals surface area (Å²) in [6.45, 7) is 5.87. The minimum absolute atomic E-state index is 0.272. The van der Waals surface area contributed by atoms with Gasteiger partial charge in [-0.2, -0.15) is 0 Å². The zero-order valence-electron chi connectivity index (χ0n) is 15.6. The third kappa shape index (κ3) is 2.52. The van der Waals surface area contributed by atoms with Crippen LogP contribution in [-0.2, 0) is 9.47 Å². The molecular formula is C23H20O4. The normalized spacial score (nSPS) is 11.4. The van der Waals surface area contributed by atoms with Crippen LogP contribution < -0.4 is 0 Å². The Bertz CT molecular complexity index is 1090. The van der Waals surface area contributed by atoms with Gasteiger partial charge in [-0.15, -0.1) is 0 Å². The summed E-state index contributed by atoms with van der Waals surface area (Å²) in [6, 6.07) is 14.0. The Kier molecular flexibility index (Phi) is 4.19. The predicted octanol–water partition coefficient (Wildman–Crippen LogP) is 5.15. The molecule has 3 aromatic rings. The first kappa shape index (κ1) is 17.3. The number of hydrogen-bond acceptors (Lipinski definition) is 4. The van der Waals surface area contributed by atoms with Gasteiger partial charge in [-0.1, -0.05) is 36.4 Å². The smallest absolute Gasteiger partial charge is 0.339 e. The van der Waals surface area contributed by atoms with Crippen LogP contribution in [0.5, 0.6) is 0 Å². The van der Waals surface area contributed by atoms with Crippen LogP contribution in [0.4, 0.5) is 0 Å². The maximum atomic E-state index is 12.9. The van der Waals surface area contributed by atoms with Gasteiger partial charge in [0.15, 0.2) is 0 Å². The second kappa shape index (κ2) is 6.54. The molecule has 1 aliphatic rings. The van der Waals surface area contributed by atoms with Gasteiger partial charge in [-0.25, -0.2) is 9.59 Å². The van der Waals surface area contributed by atoms with Crippen molar-refractivity contribution in [2.75, 3.05) is 13.2 Å². The summed E-state index contributed by atoms with van der Waals surface area (Å²) in [5.74, 6) is -0.839. The van der Waals surface area contributed by atoms with Crippen molar-refractivity contribution in [2.45, 2.75) is 20.8 Å². The lowest BCUT2D eigenvalue weighted by atomic mass is 9.90. The highest BCUT2D eigenvalue weighted by Crippen LogP contribution is 2.50. The lowest BCUT2D eigenvalue weighted by Crippen LogP contribution is -2.14. The fourth-order valence-corrected chi connectivity index (χ4v) is 3.93. The maximum absolute atomic E-state index is 12.9. The Hall–Kier alpha value is -3.14. The van der Waals surface area contributed by atoms with Gasteiger partial charge in [0.1, 0.15) is 0 Å². The molecule has 0 atom stereocenters. The van der Waals surface area contributed by atoms with Gasteiger partial charge in [0.05, 0.1) is 24.3 Å². The average molecular weight is 360 g/mol. The van der Waals surface area contributed by atoms with Crippen molar-refractivity contribution in [1.82, 2.24) is 0 Å². The van der Waals surface area contributed by atoms with Crippen LogP contribution in [0.1, 0.15) is 40.1 Å². The van der Waals surface area contributed by atoms with E-state index >= 15 is 0 Å². The molecule has 0 fully saturated rings. The highest BCUT2D eigenvalue weighted by Gasteiger charge is 2.31. The molecule has 0 bridgehead atoms. The molecule has 1 aliphatic carbocycles. The van der Waals surface area contributed by atoms with Crippen molar-refractivity contribution in [3.63, 3.8) is 0 Å². The average Bonchev–Trinajstić information content (AvgIpc) is 2.97. The number of esters is 2. The minimum Gasteiger partial charge on any atom is -0.462 e. The van der Waals surface area contributed by atoms with E-state index in [1.807, 2.05) is 30.3 Å². The Balaban J connectivity index is 2.09. The zero-order chi connectivity index (χ0) is 19.1. The summed E-state index contributed by atoms with van der Waals surface area (Å²) in [6.07, 6.45) is 0. The topological polar surface area (TPSA) is 52.6 Å². The lowest BCUT2D eigenvalue weighted by molar-refractivity contribution is 0.0524. The van der Waals surface area contributed by atoms with Crippen molar-refractivity contribution in [3.05, 3.63) is 59.2 Å². The van der Waals surface area contributed by atoms with Crippen LogP contribution >= 0.6 is 0 Å². The van der Waals surface area contributed by atoms with Gasteiger partial charge >= 0.3 is 11.9 Å². The zero-order valence-corrected chi connectivity index (χ0v) is 15.6. The lowest BCUT2D eigenvalue weighted by Gasteiger charge is -2.16. The van der Waals surface area contributed by atoms with Crippen molar-refractivity contribution in [2.24, 2.45) is 0 Å². The summed E-state index contributed by atoms with van der Waals surface area (Å²) in [7, 11) is 0. The van der Waals surface area contributed by atoms with Crippen molar-refractivity contribution < 1.29 is 19.1 Å². The van der Waals surface area contributed by atoms with Gasteiger partial charge in [0, 0.05) is 5.56 Å². The first-order chi connectivity index (χ1) is 13.1. The van der Waals surface area contributed by atoms with Crippen LogP contribution in [0, 0.1) is 6.92 Å². The first-order valence-corrected chi connectivity index (χ1v) is 9.12. The van der Waals surface area contributed by atoms with E-state index in [1.54, 1.807) is 20.8 Å². The molecule has 136 valence electrons. The minimum atomic E-state index is -0.425. The van der Waals surface area contributed by atoms with Gasteiger partial charge in [0.2, 0.25) is 0 Å². The number of carbonyl (C=O) groups excluding carboxylic acids is 2. The Morgan fingerprint density at radius 3 is 2.15 bits per heavy atom. The number of ether oxygens (including phenoxy) is 2. The van der Waals surface area contributed by atoms with E-state index in [0.29, 0.717) is 16.7 Å². The monoisotopic (exact) mass is 360 g/mol. The van der Waals surface area contributed by atoms with E-state index in [2.05, 4.69) is 12.1 Å². The predicted molar refractivity (Wildman–Crippen MR) is 105 cm³/mol. The van der Waals surface area contributed by atoms with Crippen LogP contribution in [0.15, 0.2) is 42.5 Å². The molecule has 3 aromatic carbocycles. The van der Waals surface area contributed by atoms with Gasteiger partial charge in [-0.3, -0.25) is 0 Å². The quantitative estimate of drug-likeness (QED) is 0.472. The highest BCUT2D eigenvalue weighted by atomic mass is 16.5. The van der Waals surface area contributed by atoms with Crippen LogP contribution in [-0.4, -0.2) is 25.2 Å².